The molecule has 21 heavy (non-hydrogen) atoms. The lowest BCUT2D eigenvalue weighted by Crippen LogP contribution is -2.31. The molecule has 0 aliphatic carbocycles. The number of thioether (sulfide) groups is 1. The van der Waals surface area contributed by atoms with E-state index >= 15 is 0 Å². The number of nitrogens with one attached hydrogen (secondary N) is 1. The molecule has 0 aliphatic heterocycles. The van der Waals surface area contributed by atoms with Crippen LogP contribution < -0.4 is 5.32 Å². The zero-order valence-electron chi connectivity index (χ0n) is 12.4. The van der Waals surface area contributed by atoms with Crippen LogP contribution in [0.1, 0.15) is 19.2 Å². The van der Waals surface area contributed by atoms with Gasteiger partial charge in [0, 0.05) is 34.7 Å². The minimum atomic E-state index is 0.355. The van der Waals surface area contributed by atoms with E-state index in [1.165, 1.54) is 4.90 Å². The van der Waals surface area contributed by atoms with Gasteiger partial charge in [0.1, 0.15) is 12.2 Å². The summed E-state index contributed by atoms with van der Waals surface area (Å²) >= 11 is 7.82. The van der Waals surface area contributed by atoms with Crippen LogP contribution in [0.2, 0.25) is 5.02 Å². The SMILES string of the molecule is CCCn1ncnc1CC(CSc1cccc(Cl)c1)NC. The average molecular weight is 325 g/mol. The van der Waals surface area contributed by atoms with E-state index in [0.717, 1.165) is 36.0 Å². The van der Waals surface area contributed by atoms with Crippen LogP contribution in [-0.4, -0.2) is 33.6 Å². The first-order chi connectivity index (χ1) is 10.2. The van der Waals surface area contributed by atoms with Crippen molar-refractivity contribution in [2.75, 3.05) is 12.8 Å². The fraction of sp³-hybridized carbons (Fsp3) is 0.467. The van der Waals surface area contributed by atoms with Gasteiger partial charge in [0.2, 0.25) is 0 Å². The first-order valence-corrected chi connectivity index (χ1v) is 8.51. The highest BCUT2D eigenvalue weighted by Gasteiger charge is 2.12. The molecule has 1 atom stereocenters. The molecule has 1 aromatic carbocycles. The minimum Gasteiger partial charge on any atom is -0.316 e. The topological polar surface area (TPSA) is 42.7 Å². The van der Waals surface area contributed by atoms with Crippen molar-refractivity contribution in [1.82, 2.24) is 20.1 Å². The van der Waals surface area contributed by atoms with Crippen LogP contribution in [0.5, 0.6) is 0 Å². The number of likely N-dealkylation sites (N-methyl/N-ethyl adjacent to an activating group) is 1. The van der Waals surface area contributed by atoms with Gasteiger partial charge in [0.25, 0.3) is 0 Å². The maximum atomic E-state index is 6.01. The van der Waals surface area contributed by atoms with Crippen LogP contribution in [0.15, 0.2) is 35.5 Å². The minimum absolute atomic E-state index is 0.355. The summed E-state index contributed by atoms with van der Waals surface area (Å²) in [6.07, 6.45) is 3.59. The molecule has 0 fully saturated rings. The Labute approximate surface area is 135 Å². The van der Waals surface area contributed by atoms with E-state index in [9.17, 15) is 0 Å². The molecule has 0 spiro atoms. The quantitative estimate of drug-likeness (QED) is 0.757. The Balaban J connectivity index is 1.92. The van der Waals surface area contributed by atoms with E-state index in [4.69, 9.17) is 11.6 Å². The van der Waals surface area contributed by atoms with E-state index in [-0.39, 0.29) is 0 Å². The monoisotopic (exact) mass is 324 g/mol. The van der Waals surface area contributed by atoms with Crippen LogP contribution in [-0.2, 0) is 13.0 Å². The number of rotatable bonds is 8. The van der Waals surface area contributed by atoms with Crippen molar-refractivity contribution in [3.63, 3.8) is 0 Å². The van der Waals surface area contributed by atoms with E-state index in [1.807, 2.05) is 29.9 Å². The Morgan fingerprint density at radius 3 is 3.00 bits per heavy atom. The van der Waals surface area contributed by atoms with Gasteiger partial charge in [-0.05, 0) is 31.7 Å². The van der Waals surface area contributed by atoms with Gasteiger partial charge in [0.05, 0.1) is 0 Å². The molecule has 1 unspecified atom stereocenters. The summed E-state index contributed by atoms with van der Waals surface area (Å²) in [5, 5.41) is 8.42. The molecule has 114 valence electrons. The number of aromatic nitrogens is 3. The van der Waals surface area contributed by atoms with Crippen molar-refractivity contribution in [2.24, 2.45) is 0 Å². The highest BCUT2D eigenvalue weighted by molar-refractivity contribution is 7.99. The Morgan fingerprint density at radius 1 is 1.43 bits per heavy atom. The molecule has 0 amide bonds. The summed E-state index contributed by atoms with van der Waals surface area (Å²) in [5.74, 6) is 2.01. The smallest absolute Gasteiger partial charge is 0.138 e. The van der Waals surface area contributed by atoms with E-state index in [0.29, 0.717) is 6.04 Å². The fourth-order valence-corrected chi connectivity index (χ4v) is 3.38. The second-order valence-electron chi connectivity index (χ2n) is 4.86. The van der Waals surface area contributed by atoms with Crippen LogP contribution in [0.4, 0.5) is 0 Å². The van der Waals surface area contributed by atoms with Crippen molar-refractivity contribution < 1.29 is 0 Å². The Kier molecular flexibility index (Phi) is 6.54. The van der Waals surface area contributed by atoms with Crippen LogP contribution in [0.25, 0.3) is 0 Å². The lowest BCUT2D eigenvalue weighted by Gasteiger charge is -2.16. The number of hydrogen-bond donors (Lipinski definition) is 1. The van der Waals surface area contributed by atoms with Gasteiger partial charge in [-0.3, -0.25) is 4.68 Å². The van der Waals surface area contributed by atoms with Crippen molar-refractivity contribution in [3.05, 3.63) is 41.4 Å². The summed E-state index contributed by atoms with van der Waals surface area (Å²) in [5.41, 5.74) is 0. The van der Waals surface area contributed by atoms with E-state index in [1.54, 1.807) is 18.1 Å². The molecule has 2 aromatic rings. The van der Waals surface area contributed by atoms with Gasteiger partial charge >= 0.3 is 0 Å². The van der Waals surface area contributed by atoms with Gasteiger partial charge in [-0.1, -0.05) is 24.6 Å². The van der Waals surface area contributed by atoms with E-state index < -0.39 is 0 Å². The van der Waals surface area contributed by atoms with Crippen molar-refractivity contribution in [1.29, 1.82) is 0 Å². The normalized spacial score (nSPS) is 12.5. The predicted octanol–water partition coefficient (Wildman–Crippen LogP) is 3.26. The lowest BCUT2D eigenvalue weighted by atomic mass is 10.2. The molecular formula is C15H21ClN4S. The maximum Gasteiger partial charge on any atom is 0.138 e. The Hall–Kier alpha value is -1.04. The largest absolute Gasteiger partial charge is 0.316 e. The Bertz CT molecular complexity index is 558. The summed E-state index contributed by atoms with van der Waals surface area (Å²) in [6, 6.07) is 8.32. The number of hydrogen-bond acceptors (Lipinski definition) is 4. The van der Waals surface area contributed by atoms with Crippen LogP contribution in [0, 0.1) is 0 Å². The zero-order valence-corrected chi connectivity index (χ0v) is 14.0. The second-order valence-corrected chi connectivity index (χ2v) is 6.39. The highest BCUT2D eigenvalue weighted by Crippen LogP contribution is 2.22. The second kappa shape index (κ2) is 8.41. The van der Waals surface area contributed by atoms with Gasteiger partial charge in [-0.25, -0.2) is 4.98 Å². The van der Waals surface area contributed by atoms with Crippen molar-refractivity contribution >= 4 is 23.4 Å². The molecule has 2 rings (SSSR count). The van der Waals surface area contributed by atoms with E-state index in [2.05, 4.69) is 28.4 Å². The molecule has 0 saturated carbocycles. The molecule has 0 radical (unpaired) electrons. The van der Waals surface area contributed by atoms with Crippen molar-refractivity contribution in [2.45, 2.75) is 37.2 Å². The predicted molar refractivity (Wildman–Crippen MR) is 89.0 cm³/mol. The summed E-state index contributed by atoms with van der Waals surface area (Å²) in [7, 11) is 1.99. The molecule has 1 aromatic heterocycles. The summed E-state index contributed by atoms with van der Waals surface area (Å²) < 4.78 is 1.99. The third kappa shape index (κ3) is 5.02. The molecule has 4 nitrogen and oxygen atoms in total. The molecule has 0 aliphatic rings. The summed E-state index contributed by atoms with van der Waals surface area (Å²) in [6.45, 7) is 3.07. The van der Waals surface area contributed by atoms with Crippen molar-refractivity contribution in [3.8, 4) is 0 Å². The van der Waals surface area contributed by atoms with Gasteiger partial charge in [0.15, 0.2) is 0 Å². The van der Waals surface area contributed by atoms with Gasteiger partial charge in [-0.15, -0.1) is 11.8 Å². The molecule has 6 heteroatoms. The van der Waals surface area contributed by atoms with Gasteiger partial charge < -0.3 is 5.32 Å². The third-order valence-electron chi connectivity index (χ3n) is 3.22. The first kappa shape index (κ1) is 16.3. The Morgan fingerprint density at radius 2 is 2.29 bits per heavy atom. The lowest BCUT2D eigenvalue weighted by molar-refractivity contribution is 0.528. The number of halogens is 1. The first-order valence-electron chi connectivity index (χ1n) is 7.15. The third-order valence-corrected chi connectivity index (χ3v) is 4.61. The van der Waals surface area contributed by atoms with Gasteiger partial charge in [-0.2, -0.15) is 5.10 Å². The van der Waals surface area contributed by atoms with Crippen LogP contribution >= 0.6 is 23.4 Å². The maximum absolute atomic E-state index is 6.01. The average Bonchev–Trinajstić information content (AvgIpc) is 2.91. The number of benzene rings is 1. The number of aryl methyl sites for hydroxylation is 1. The molecule has 0 bridgehead atoms. The molecule has 0 saturated heterocycles. The van der Waals surface area contributed by atoms with Crippen LogP contribution in [0.3, 0.4) is 0 Å². The molecule has 1 N–H and O–H groups in total. The highest BCUT2D eigenvalue weighted by atomic mass is 35.5. The molecule has 1 heterocycles. The summed E-state index contributed by atoms with van der Waals surface area (Å²) in [4.78, 5) is 5.57. The fourth-order valence-electron chi connectivity index (χ4n) is 2.06. The molecular weight excluding hydrogens is 304 g/mol. The standard InChI is InChI=1S/C15H21ClN4S/c1-3-7-20-15(18-11-19-20)9-13(17-2)10-21-14-6-4-5-12(16)8-14/h4-6,8,11,13,17H,3,7,9-10H2,1-2H3. The number of nitrogens with zero attached hydrogens (tertiary/aromatic N) is 3. The zero-order chi connectivity index (χ0) is 15.1.